The zero-order valence-corrected chi connectivity index (χ0v) is 23.0. The van der Waals surface area contributed by atoms with Gasteiger partial charge in [-0.05, 0) is 42.8 Å². The van der Waals surface area contributed by atoms with E-state index in [9.17, 15) is 19.2 Å². The monoisotopic (exact) mass is 572 g/mol. The third-order valence-electron chi connectivity index (χ3n) is 6.95. The molecule has 8 nitrogen and oxygen atoms in total. The lowest BCUT2D eigenvalue weighted by molar-refractivity contribution is -0.122. The Morgan fingerprint density at radius 2 is 1.65 bits per heavy atom. The van der Waals surface area contributed by atoms with Gasteiger partial charge in [-0.1, -0.05) is 71.6 Å². The zero-order valence-electron chi connectivity index (χ0n) is 21.4. The number of para-hydroxylation sites is 1. The maximum absolute atomic E-state index is 14.0. The van der Waals surface area contributed by atoms with Crippen molar-refractivity contribution in [2.45, 2.75) is 29.7 Å². The number of thioether (sulfide) groups is 1. The van der Waals surface area contributed by atoms with E-state index in [4.69, 9.17) is 9.47 Å². The molecular weight excluding hydrogens is 548 g/mol. The number of imide groups is 1. The molecule has 10 heteroatoms. The summed E-state index contributed by atoms with van der Waals surface area (Å²) in [5, 5.41) is -0.137. The maximum atomic E-state index is 14.0. The molecule has 2 aliphatic heterocycles. The molecule has 1 N–H and O–H groups in total. The van der Waals surface area contributed by atoms with Crippen molar-refractivity contribution >= 4 is 46.6 Å². The van der Waals surface area contributed by atoms with E-state index in [-0.39, 0.29) is 23.3 Å². The number of fused-ring (bicyclic) bond motifs is 2. The Bertz CT molecular complexity index is 1650. The molecule has 3 atom stereocenters. The Morgan fingerprint density at radius 1 is 0.925 bits per heavy atom. The number of carbonyl (C=O) groups is 3. The second kappa shape index (κ2) is 10.8. The number of carbonyl (C=O) groups excluding carboxylic acids is 3. The first kappa shape index (κ1) is 26.1. The number of nitrogens with one attached hydrogen (secondary N) is 1. The van der Waals surface area contributed by atoms with Gasteiger partial charge in [-0.15, -0.1) is 0 Å². The van der Waals surface area contributed by atoms with Gasteiger partial charge in [0.2, 0.25) is 11.8 Å². The molecular formula is C30H24N2O6S2. The molecule has 4 aromatic rings. The van der Waals surface area contributed by atoms with Crippen molar-refractivity contribution in [3.8, 4) is 5.75 Å². The molecule has 2 amide bonds. The van der Waals surface area contributed by atoms with E-state index in [0.29, 0.717) is 33.5 Å². The SMILES string of the molecule is CCOC(=O)c1ccc(N2C(=O)[C@H]3[C@H](c4ccccc4OCc4ccccc4)c4sc(=O)[nH]c4S[C@H]3C2=O)cc1. The van der Waals surface area contributed by atoms with Crippen LogP contribution in [0.15, 0.2) is 88.7 Å². The van der Waals surface area contributed by atoms with E-state index in [1.165, 1.54) is 16.7 Å². The number of aromatic amines is 1. The number of thiazole rings is 1. The lowest BCUT2D eigenvalue weighted by Crippen LogP contribution is -2.32. The fourth-order valence-electron chi connectivity index (χ4n) is 5.17. The van der Waals surface area contributed by atoms with Crippen LogP contribution in [0.2, 0.25) is 0 Å². The number of H-pyrrole nitrogens is 1. The second-order valence-electron chi connectivity index (χ2n) is 9.34. The minimum Gasteiger partial charge on any atom is -0.489 e. The van der Waals surface area contributed by atoms with Crippen molar-refractivity contribution < 1.29 is 23.9 Å². The molecule has 2 aliphatic rings. The number of hydrogen-bond acceptors (Lipinski definition) is 8. The number of aromatic nitrogens is 1. The van der Waals surface area contributed by atoms with Crippen LogP contribution in [-0.2, 0) is 20.9 Å². The normalized spacial score (nSPS) is 19.7. The largest absolute Gasteiger partial charge is 0.489 e. The minimum absolute atomic E-state index is 0.239. The maximum Gasteiger partial charge on any atom is 0.338 e. The Labute approximate surface area is 237 Å². The van der Waals surface area contributed by atoms with Gasteiger partial charge < -0.3 is 14.5 Å². The number of nitrogens with zero attached hydrogens (tertiary/aromatic N) is 1. The van der Waals surface area contributed by atoms with Crippen molar-refractivity contribution in [1.29, 1.82) is 0 Å². The molecule has 0 unspecified atom stereocenters. The zero-order chi connectivity index (χ0) is 27.8. The highest BCUT2D eigenvalue weighted by Crippen LogP contribution is 2.54. The van der Waals surface area contributed by atoms with Crippen LogP contribution in [0.4, 0.5) is 5.69 Å². The third-order valence-corrected chi connectivity index (χ3v) is 9.35. The number of rotatable bonds is 7. The first-order chi connectivity index (χ1) is 19.5. The summed E-state index contributed by atoms with van der Waals surface area (Å²) in [6.45, 7) is 2.30. The van der Waals surface area contributed by atoms with E-state index >= 15 is 0 Å². The van der Waals surface area contributed by atoms with Crippen molar-refractivity contribution in [3.63, 3.8) is 0 Å². The average molecular weight is 573 g/mol. The highest BCUT2D eigenvalue weighted by molar-refractivity contribution is 8.00. The van der Waals surface area contributed by atoms with Crippen LogP contribution in [0.5, 0.6) is 5.75 Å². The van der Waals surface area contributed by atoms with Crippen molar-refractivity contribution in [1.82, 2.24) is 4.98 Å². The van der Waals surface area contributed by atoms with Gasteiger partial charge in [-0.2, -0.15) is 0 Å². The van der Waals surface area contributed by atoms with Crippen molar-refractivity contribution in [3.05, 3.63) is 110 Å². The molecule has 0 spiro atoms. The summed E-state index contributed by atoms with van der Waals surface area (Å²) in [5.74, 6) is -1.92. The van der Waals surface area contributed by atoms with Crippen molar-refractivity contribution in [2.75, 3.05) is 11.5 Å². The van der Waals surface area contributed by atoms with E-state index in [0.717, 1.165) is 22.5 Å². The lowest BCUT2D eigenvalue weighted by Gasteiger charge is -2.30. The Hall–Kier alpha value is -4.15. The van der Waals surface area contributed by atoms with Crippen LogP contribution in [0, 0.1) is 5.92 Å². The van der Waals surface area contributed by atoms with Gasteiger partial charge in [0, 0.05) is 16.4 Å². The van der Waals surface area contributed by atoms with Gasteiger partial charge in [-0.25, -0.2) is 9.69 Å². The lowest BCUT2D eigenvalue weighted by atomic mass is 9.82. The molecule has 3 heterocycles. The molecule has 6 rings (SSSR count). The Kier molecular flexibility index (Phi) is 7.03. The molecule has 0 aliphatic carbocycles. The number of esters is 1. The summed E-state index contributed by atoms with van der Waals surface area (Å²) in [7, 11) is 0. The smallest absolute Gasteiger partial charge is 0.338 e. The quantitative estimate of drug-likeness (QED) is 0.246. The highest BCUT2D eigenvalue weighted by atomic mass is 32.2. The number of amides is 2. The second-order valence-corrected chi connectivity index (χ2v) is 11.5. The van der Waals surface area contributed by atoms with Gasteiger partial charge in [-0.3, -0.25) is 14.4 Å². The van der Waals surface area contributed by atoms with Gasteiger partial charge in [0.25, 0.3) is 0 Å². The van der Waals surface area contributed by atoms with Gasteiger partial charge in [0.1, 0.15) is 17.6 Å². The molecule has 202 valence electrons. The molecule has 0 saturated carbocycles. The molecule has 0 bridgehead atoms. The summed E-state index contributed by atoms with van der Waals surface area (Å²) < 4.78 is 11.3. The molecule has 1 saturated heterocycles. The van der Waals surface area contributed by atoms with Crippen LogP contribution in [-0.4, -0.2) is 34.6 Å². The number of ether oxygens (including phenoxy) is 2. The Balaban J connectivity index is 1.38. The summed E-state index contributed by atoms with van der Waals surface area (Å²) in [4.78, 5) is 56.8. The predicted octanol–water partition coefficient (Wildman–Crippen LogP) is 4.99. The summed E-state index contributed by atoms with van der Waals surface area (Å²) in [6, 6.07) is 23.4. The predicted molar refractivity (Wildman–Crippen MR) is 152 cm³/mol. The van der Waals surface area contributed by atoms with Crippen LogP contribution in [0.25, 0.3) is 0 Å². The molecule has 1 aromatic heterocycles. The van der Waals surface area contributed by atoms with Gasteiger partial charge in [0.15, 0.2) is 0 Å². The number of anilines is 1. The molecule has 40 heavy (non-hydrogen) atoms. The van der Waals surface area contributed by atoms with Crippen LogP contribution in [0.1, 0.15) is 39.2 Å². The van der Waals surface area contributed by atoms with Crippen LogP contribution >= 0.6 is 23.1 Å². The van der Waals surface area contributed by atoms with E-state index in [1.54, 1.807) is 31.2 Å². The molecule has 1 fully saturated rings. The van der Waals surface area contributed by atoms with Gasteiger partial charge in [0.05, 0.1) is 28.8 Å². The topological polar surface area (TPSA) is 106 Å². The number of hydrogen-bond donors (Lipinski definition) is 1. The summed E-state index contributed by atoms with van der Waals surface area (Å²) >= 11 is 2.27. The fourth-order valence-corrected chi connectivity index (χ4v) is 7.68. The van der Waals surface area contributed by atoms with Crippen LogP contribution in [0.3, 0.4) is 0 Å². The summed E-state index contributed by atoms with van der Waals surface area (Å²) in [5.41, 5.74) is 2.44. The first-order valence-corrected chi connectivity index (χ1v) is 14.5. The number of benzene rings is 3. The fraction of sp³-hybridized carbons (Fsp3) is 0.200. The highest BCUT2D eigenvalue weighted by Gasteiger charge is 2.56. The van der Waals surface area contributed by atoms with Crippen molar-refractivity contribution in [2.24, 2.45) is 5.92 Å². The summed E-state index contributed by atoms with van der Waals surface area (Å²) in [6.07, 6.45) is 0. The average Bonchev–Trinajstić information content (AvgIpc) is 3.47. The molecule has 3 aromatic carbocycles. The van der Waals surface area contributed by atoms with Gasteiger partial charge >= 0.3 is 10.8 Å². The standard InChI is InChI=1S/C30H24N2O6S2/c1-2-37-29(35)18-12-14-19(15-13-18)32-27(33)23-22(24-26(31-30(36)40-24)39-25(23)28(32)34)20-10-6-7-11-21(20)38-16-17-8-4-3-5-9-17/h3-15,22-23,25H,2,16H2,1H3,(H,31,36)/t22-,23-,25+/m0/s1. The van der Waals surface area contributed by atoms with E-state index < -0.39 is 23.1 Å². The third kappa shape index (κ3) is 4.63. The van der Waals surface area contributed by atoms with Crippen LogP contribution < -0.4 is 14.5 Å². The minimum atomic E-state index is -0.748. The Morgan fingerprint density at radius 3 is 2.40 bits per heavy atom. The molecule has 0 radical (unpaired) electrons. The first-order valence-electron chi connectivity index (χ1n) is 12.8. The van der Waals surface area contributed by atoms with E-state index in [2.05, 4.69) is 4.98 Å². The van der Waals surface area contributed by atoms with E-state index in [1.807, 2.05) is 54.6 Å².